The van der Waals surface area contributed by atoms with Gasteiger partial charge in [-0.25, -0.2) is 0 Å². The van der Waals surface area contributed by atoms with Crippen molar-refractivity contribution >= 4 is 0 Å². The summed E-state index contributed by atoms with van der Waals surface area (Å²) in [7, 11) is 0. The first-order chi connectivity index (χ1) is 7.38. The summed E-state index contributed by atoms with van der Waals surface area (Å²) in [5, 5.41) is 3.58. The molecule has 15 heavy (non-hydrogen) atoms. The third-order valence-corrected chi connectivity index (χ3v) is 4.78. The molecule has 3 fully saturated rings. The zero-order valence-corrected chi connectivity index (χ0v) is 9.80. The molecule has 1 atom stereocenters. The van der Waals surface area contributed by atoms with Gasteiger partial charge in [0.05, 0.1) is 0 Å². The van der Waals surface area contributed by atoms with Gasteiger partial charge in [-0.3, -0.25) is 4.90 Å². The fraction of sp³-hybridized carbons (Fsp3) is 1.00. The lowest BCUT2D eigenvalue weighted by molar-refractivity contribution is -0.0275. The molecule has 0 radical (unpaired) electrons. The minimum Gasteiger partial charge on any atom is -0.315 e. The van der Waals surface area contributed by atoms with Crippen LogP contribution in [0.15, 0.2) is 0 Å². The molecular formula is C13H24N2. The second kappa shape index (κ2) is 4.06. The van der Waals surface area contributed by atoms with Gasteiger partial charge in [0.25, 0.3) is 0 Å². The molecule has 3 rings (SSSR count). The molecule has 2 aliphatic heterocycles. The Morgan fingerprint density at radius 2 is 1.80 bits per heavy atom. The highest BCUT2D eigenvalue weighted by molar-refractivity contribution is 5.00. The Kier molecular flexibility index (Phi) is 2.73. The van der Waals surface area contributed by atoms with E-state index in [1.165, 1.54) is 71.1 Å². The van der Waals surface area contributed by atoms with E-state index < -0.39 is 0 Å². The maximum absolute atomic E-state index is 3.58. The zero-order chi connectivity index (χ0) is 10.1. The molecule has 0 aromatic rings. The van der Waals surface area contributed by atoms with Crippen LogP contribution in [0.1, 0.15) is 44.9 Å². The summed E-state index contributed by atoms with van der Waals surface area (Å²) in [5.74, 6) is 0. The SMILES string of the molecule is C1CCC(N2CC3(CCCC3)C2)CNC1. The van der Waals surface area contributed by atoms with Crippen LogP contribution >= 0.6 is 0 Å². The molecule has 0 aromatic heterocycles. The average Bonchev–Trinajstić information content (AvgIpc) is 2.53. The van der Waals surface area contributed by atoms with Gasteiger partial charge in [0, 0.05) is 25.7 Å². The summed E-state index contributed by atoms with van der Waals surface area (Å²) in [5.41, 5.74) is 0.784. The predicted octanol–water partition coefficient (Wildman–Crippen LogP) is 2.00. The van der Waals surface area contributed by atoms with Crippen LogP contribution < -0.4 is 5.32 Å². The minimum absolute atomic E-state index is 0.784. The predicted molar refractivity (Wildman–Crippen MR) is 63.0 cm³/mol. The highest BCUT2D eigenvalue weighted by atomic mass is 15.2. The van der Waals surface area contributed by atoms with Gasteiger partial charge in [-0.05, 0) is 37.6 Å². The maximum Gasteiger partial charge on any atom is 0.0221 e. The van der Waals surface area contributed by atoms with Gasteiger partial charge in [0.1, 0.15) is 0 Å². The monoisotopic (exact) mass is 208 g/mol. The van der Waals surface area contributed by atoms with Crippen molar-refractivity contribution in [3.63, 3.8) is 0 Å². The summed E-state index contributed by atoms with van der Waals surface area (Å²) < 4.78 is 0. The van der Waals surface area contributed by atoms with Gasteiger partial charge < -0.3 is 5.32 Å². The van der Waals surface area contributed by atoms with Crippen LogP contribution in [0.25, 0.3) is 0 Å². The fourth-order valence-corrected chi connectivity index (χ4v) is 3.83. The quantitative estimate of drug-likeness (QED) is 0.709. The summed E-state index contributed by atoms with van der Waals surface area (Å²) in [6.45, 7) is 5.32. The Hall–Kier alpha value is -0.0800. The van der Waals surface area contributed by atoms with Crippen LogP contribution in [-0.4, -0.2) is 37.1 Å². The van der Waals surface area contributed by atoms with Gasteiger partial charge in [-0.15, -0.1) is 0 Å². The standard InChI is InChI=1S/C13H24N2/c1-4-8-14-9-12(5-1)15-10-13(11-15)6-2-3-7-13/h12,14H,1-11H2. The van der Waals surface area contributed by atoms with Crippen molar-refractivity contribution in [1.29, 1.82) is 0 Å². The Morgan fingerprint density at radius 3 is 2.60 bits per heavy atom. The molecule has 2 heteroatoms. The highest BCUT2D eigenvalue weighted by Crippen LogP contribution is 2.46. The van der Waals surface area contributed by atoms with Crippen molar-refractivity contribution in [1.82, 2.24) is 10.2 Å². The van der Waals surface area contributed by atoms with Gasteiger partial charge >= 0.3 is 0 Å². The third-order valence-electron chi connectivity index (χ3n) is 4.78. The second-order valence-corrected chi connectivity index (χ2v) is 5.97. The van der Waals surface area contributed by atoms with Crippen molar-refractivity contribution in [2.75, 3.05) is 26.2 Å². The van der Waals surface area contributed by atoms with Crippen LogP contribution in [0.5, 0.6) is 0 Å². The lowest BCUT2D eigenvalue weighted by Crippen LogP contribution is -2.60. The molecule has 1 N–H and O–H groups in total. The minimum atomic E-state index is 0.784. The van der Waals surface area contributed by atoms with Crippen LogP contribution in [0, 0.1) is 5.41 Å². The molecule has 1 saturated carbocycles. The zero-order valence-electron chi connectivity index (χ0n) is 9.80. The average molecular weight is 208 g/mol. The first-order valence-corrected chi connectivity index (χ1v) is 6.83. The topological polar surface area (TPSA) is 15.3 Å². The molecule has 2 nitrogen and oxygen atoms in total. The molecular weight excluding hydrogens is 184 g/mol. The van der Waals surface area contributed by atoms with Gasteiger partial charge in [0.2, 0.25) is 0 Å². The Morgan fingerprint density at radius 1 is 1.00 bits per heavy atom. The summed E-state index contributed by atoms with van der Waals surface area (Å²) in [6, 6.07) is 0.860. The van der Waals surface area contributed by atoms with E-state index in [1.54, 1.807) is 0 Å². The Bertz CT molecular complexity index is 205. The molecule has 3 aliphatic rings. The van der Waals surface area contributed by atoms with Gasteiger partial charge in [-0.2, -0.15) is 0 Å². The van der Waals surface area contributed by atoms with Crippen LogP contribution in [0.4, 0.5) is 0 Å². The molecule has 1 spiro atoms. The summed E-state index contributed by atoms with van der Waals surface area (Å²) in [6.07, 6.45) is 10.3. The van der Waals surface area contributed by atoms with Crippen LogP contribution in [0.2, 0.25) is 0 Å². The van der Waals surface area contributed by atoms with Crippen molar-refractivity contribution in [2.45, 2.75) is 51.0 Å². The normalized spacial score (nSPS) is 36.4. The Labute approximate surface area is 93.4 Å². The Balaban J connectivity index is 1.52. The van der Waals surface area contributed by atoms with Crippen LogP contribution in [-0.2, 0) is 0 Å². The number of likely N-dealkylation sites (tertiary alicyclic amines) is 1. The van der Waals surface area contributed by atoms with E-state index in [-0.39, 0.29) is 0 Å². The molecule has 0 bridgehead atoms. The number of nitrogens with one attached hydrogen (secondary N) is 1. The number of hydrogen-bond acceptors (Lipinski definition) is 2. The molecule has 1 unspecified atom stereocenters. The molecule has 86 valence electrons. The van der Waals surface area contributed by atoms with E-state index in [0.29, 0.717) is 0 Å². The fourth-order valence-electron chi connectivity index (χ4n) is 3.83. The van der Waals surface area contributed by atoms with E-state index >= 15 is 0 Å². The van der Waals surface area contributed by atoms with E-state index in [0.717, 1.165) is 11.5 Å². The van der Waals surface area contributed by atoms with E-state index in [4.69, 9.17) is 0 Å². The summed E-state index contributed by atoms with van der Waals surface area (Å²) >= 11 is 0. The molecule has 1 aliphatic carbocycles. The number of hydrogen-bond donors (Lipinski definition) is 1. The van der Waals surface area contributed by atoms with Crippen molar-refractivity contribution < 1.29 is 0 Å². The lowest BCUT2D eigenvalue weighted by atomic mass is 9.77. The number of nitrogens with zero attached hydrogens (tertiary/aromatic N) is 1. The van der Waals surface area contributed by atoms with Crippen molar-refractivity contribution in [3.05, 3.63) is 0 Å². The maximum atomic E-state index is 3.58. The second-order valence-electron chi connectivity index (χ2n) is 5.97. The van der Waals surface area contributed by atoms with E-state index in [9.17, 15) is 0 Å². The van der Waals surface area contributed by atoms with Gasteiger partial charge in [0.15, 0.2) is 0 Å². The lowest BCUT2D eigenvalue weighted by Gasteiger charge is -2.52. The van der Waals surface area contributed by atoms with Crippen LogP contribution in [0.3, 0.4) is 0 Å². The summed E-state index contributed by atoms with van der Waals surface area (Å²) in [4.78, 5) is 2.75. The van der Waals surface area contributed by atoms with E-state index in [2.05, 4.69) is 10.2 Å². The van der Waals surface area contributed by atoms with E-state index in [1.807, 2.05) is 0 Å². The molecule has 2 saturated heterocycles. The van der Waals surface area contributed by atoms with Crippen molar-refractivity contribution in [2.24, 2.45) is 5.41 Å². The largest absolute Gasteiger partial charge is 0.315 e. The first kappa shape index (κ1) is 10.1. The van der Waals surface area contributed by atoms with Crippen molar-refractivity contribution in [3.8, 4) is 0 Å². The molecule has 2 heterocycles. The first-order valence-electron chi connectivity index (χ1n) is 6.83. The third kappa shape index (κ3) is 1.94. The van der Waals surface area contributed by atoms with Gasteiger partial charge in [-0.1, -0.05) is 19.3 Å². The number of rotatable bonds is 1. The highest BCUT2D eigenvalue weighted by Gasteiger charge is 2.46. The molecule has 0 amide bonds. The molecule has 0 aromatic carbocycles. The smallest absolute Gasteiger partial charge is 0.0221 e.